The van der Waals surface area contributed by atoms with Gasteiger partial charge in [0.1, 0.15) is 12.1 Å². The molecule has 0 bridgehead atoms. The summed E-state index contributed by atoms with van der Waals surface area (Å²) in [5, 5.41) is 20.6. The summed E-state index contributed by atoms with van der Waals surface area (Å²) in [6.45, 7) is 5.70. The van der Waals surface area contributed by atoms with Gasteiger partial charge >= 0.3 is 5.97 Å². The van der Waals surface area contributed by atoms with Crippen LogP contribution in [0.25, 0.3) is 0 Å². The monoisotopic (exact) mass is 510 g/mol. The second-order valence-electron chi connectivity index (χ2n) is 9.48. The fraction of sp³-hybridized carbons (Fsp3) is 0.429. The van der Waals surface area contributed by atoms with E-state index in [2.05, 4.69) is 21.3 Å². The summed E-state index contributed by atoms with van der Waals surface area (Å²) >= 11 is 0. The van der Waals surface area contributed by atoms with E-state index < -0.39 is 30.0 Å². The van der Waals surface area contributed by atoms with Crippen molar-refractivity contribution in [1.82, 2.24) is 16.0 Å². The molecule has 9 nitrogen and oxygen atoms in total. The fourth-order valence-electron chi connectivity index (χ4n) is 3.77. The largest absolute Gasteiger partial charge is 0.480 e. The molecular formula is C28H38N4O5. The van der Waals surface area contributed by atoms with Gasteiger partial charge in [0.15, 0.2) is 0 Å². The van der Waals surface area contributed by atoms with E-state index in [1.807, 2.05) is 50.2 Å². The summed E-state index contributed by atoms with van der Waals surface area (Å²) in [6.07, 6.45) is 1.40. The van der Waals surface area contributed by atoms with Crippen LogP contribution in [0.2, 0.25) is 0 Å². The molecular weight excluding hydrogens is 472 g/mol. The van der Waals surface area contributed by atoms with Gasteiger partial charge in [0.05, 0.1) is 12.5 Å². The van der Waals surface area contributed by atoms with E-state index in [-0.39, 0.29) is 30.6 Å². The van der Waals surface area contributed by atoms with Crippen LogP contribution < -0.4 is 21.3 Å². The highest BCUT2D eigenvalue weighted by atomic mass is 16.4. The molecule has 9 heteroatoms. The lowest BCUT2D eigenvalue weighted by molar-refractivity contribution is -0.139. The zero-order chi connectivity index (χ0) is 27.2. The first-order valence-electron chi connectivity index (χ1n) is 12.6. The molecule has 37 heavy (non-hydrogen) atoms. The number of hydrogen-bond acceptors (Lipinski definition) is 5. The Labute approximate surface area is 218 Å². The lowest BCUT2D eigenvalue weighted by Crippen LogP contribution is -2.54. The van der Waals surface area contributed by atoms with Crippen LogP contribution in [-0.2, 0) is 25.6 Å². The average Bonchev–Trinajstić information content (AvgIpc) is 2.86. The minimum Gasteiger partial charge on any atom is -0.480 e. The third kappa shape index (κ3) is 11.3. The van der Waals surface area contributed by atoms with Crippen molar-refractivity contribution in [1.29, 1.82) is 0 Å². The van der Waals surface area contributed by atoms with E-state index in [0.717, 1.165) is 5.56 Å². The third-order valence-electron chi connectivity index (χ3n) is 5.72. The summed E-state index contributed by atoms with van der Waals surface area (Å²) in [4.78, 5) is 49.7. The molecule has 0 saturated heterocycles. The Morgan fingerprint density at radius 1 is 0.838 bits per heavy atom. The van der Waals surface area contributed by atoms with E-state index in [1.54, 1.807) is 24.3 Å². The fourth-order valence-corrected chi connectivity index (χ4v) is 3.77. The average molecular weight is 511 g/mol. The van der Waals surface area contributed by atoms with Gasteiger partial charge in [0.2, 0.25) is 17.7 Å². The normalized spacial score (nSPS) is 13.3. The number of nitrogens with one attached hydrogen (secondary N) is 4. The first-order valence-corrected chi connectivity index (χ1v) is 12.6. The van der Waals surface area contributed by atoms with Gasteiger partial charge in [-0.3, -0.25) is 24.5 Å². The molecule has 2 aromatic rings. The summed E-state index contributed by atoms with van der Waals surface area (Å²) in [5.74, 6) is -1.89. The number of para-hydroxylation sites is 1. The summed E-state index contributed by atoms with van der Waals surface area (Å²) in [6, 6.07) is 15.7. The molecule has 0 spiro atoms. The van der Waals surface area contributed by atoms with Crippen LogP contribution in [0.4, 0.5) is 5.69 Å². The Morgan fingerprint density at radius 3 is 2.05 bits per heavy atom. The van der Waals surface area contributed by atoms with Crippen molar-refractivity contribution >= 4 is 29.4 Å². The van der Waals surface area contributed by atoms with Gasteiger partial charge in [-0.25, -0.2) is 0 Å². The number of anilines is 1. The Morgan fingerprint density at radius 2 is 1.46 bits per heavy atom. The van der Waals surface area contributed by atoms with Crippen LogP contribution in [0.3, 0.4) is 0 Å². The van der Waals surface area contributed by atoms with Crippen LogP contribution in [0.1, 0.15) is 45.6 Å². The van der Waals surface area contributed by atoms with Gasteiger partial charge in [0.25, 0.3) is 0 Å². The van der Waals surface area contributed by atoms with Gasteiger partial charge in [-0.05, 0) is 49.8 Å². The Bertz CT molecular complexity index is 1010. The van der Waals surface area contributed by atoms with Crippen molar-refractivity contribution in [2.45, 2.75) is 64.6 Å². The number of amides is 3. The molecule has 0 aliphatic rings. The molecule has 0 aliphatic carbocycles. The Kier molecular flexibility index (Phi) is 12.3. The second-order valence-corrected chi connectivity index (χ2v) is 9.48. The maximum atomic E-state index is 13.2. The molecule has 2 rings (SSSR count). The quantitative estimate of drug-likeness (QED) is 0.234. The Hall–Kier alpha value is -3.72. The number of carboxylic acid groups (broad SMARTS) is 1. The minimum atomic E-state index is -1.09. The smallest absolute Gasteiger partial charge is 0.320 e. The summed E-state index contributed by atoms with van der Waals surface area (Å²) in [5.41, 5.74) is 1.52. The number of hydrogen-bond donors (Lipinski definition) is 5. The van der Waals surface area contributed by atoms with Crippen molar-refractivity contribution < 1.29 is 24.3 Å². The van der Waals surface area contributed by atoms with Gasteiger partial charge in [-0.2, -0.15) is 0 Å². The van der Waals surface area contributed by atoms with Crippen LogP contribution in [0, 0.1) is 5.92 Å². The molecule has 0 heterocycles. The molecule has 0 radical (unpaired) electrons. The lowest BCUT2D eigenvalue weighted by atomic mass is 10.0. The number of carboxylic acids is 1. The van der Waals surface area contributed by atoms with E-state index in [4.69, 9.17) is 0 Å². The lowest BCUT2D eigenvalue weighted by Gasteiger charge is -2.25. The zero-order valence-electron chi connectivity index (χ0n) is 21.7. The molecule has 200 valence electrons. The number of carbonyl (C=O) groups is 4. The van der Waals surface area contributed by atoms with E-state index in [0.29, 0.717) is 25.1 Å². The molecule has 0 aromatic heterocycles. The van der Waals surface area contributed by atoms with Crippen LogP contribution in [-0.4, -0.2) is 53.5 Å². The van der Waals surface area contributed by atoms with Crippen molar-refractivity contribution in [2.75, 3.05) is 11.9 Å². The van der Waals surface area contributed by atoms with Crippen LogP contribution in [0.5, 0.6) is 0 Å². The Balaban J connectivity index is 1.98. The molecule has 2 aromatic carbocycles. The first kappa shape index (κ1) is 29.5. The standard InChI is InChI=1S/C28H38N4O5/c1-19(2)17-24(27(35)31-22-13-8-5-9-14-22)32-26(34)23(30-20(3)28(36)37)15-10-16-29-25(33)18-21-11-6-4-7-12-21/h4-9,11-14,19-20,23-24,30H,10,15-18H2,1-3H3,(H,29,33)(H,31,35)(H,32,34)(H,36,37)/t20-,23+,24+/m1/s1. The highest BCUT2D eigenvalue weighted by Gasteiger charge is 2.28. The van der Waals surface area contributed by atoms with Gasteiger partial charge in [-0.15, -0.1) is 0 Å². The SMILES string of the molecule is CC(C)C[C@H](NC(=O)[C@H](CCCNC(=O)Cc1ccccc1)N[C@H](C)C(=O)O)C(=O)Nc1ccccc1. The molecule has 0 fully saturated rings. The summed E-state index contributed by atoms with van der Waals surface area (Å²) in [7, 11) is 0. The van der Waals surface area contributed by atoms with Crippen molar-refractivity contribution in [3.63, 3.8) is 0 Å². The van der Waals surface area contributed by atoms with Crippen LogP contribution >= 0.6 is 0 Å². The first-order chi connectivity index (χ1) is 17.7. The maximum absolute atomic E-state index is 13.2. The molecule has 0 unspecified atom stereocenters. The minimum absolute atomic E-state index is 0.131. The molecule has 5 N–H and O–H groups in total. The number of benzene rings is 2. The van der Waals surface area contributed by atoms with Gasteiger partial charge in [-0.1, -0.05) is 62.4 Å². The molecule has 3 atom stereocenters. The number of rotatable bonds is 15. The van der Waals surface area contributed by atoms with Crippen molar-refractivity contribution in [3.05, 3.63) is 66.2 Å². The number of carbonyl (C=O) groups excluding carboxylic acids is 3. The summed E-state index contributed by atoms with van der Waals surface area (Å²) < 4.78 is 0. The van der Waals surface area contributed by atoms with Crippen LogP contribution in [0.15, 0.2) is 60.7 Å². The topological polar surface area (TPSA) is 137 Å². The van der Waals surface area contributed by atoms with E-state index in [9.17, 15) is 24.3 Å². The van der Waals surface area contributed by atoms with Gasteiger partial charge in [0, 0.05) is 12.2 Å². The highest BCUT2D eigenvalue weighted by Crippen LogP contribution is 2.11. The highest BCUT2D eigenvalue weighted by molar-refractivity contribution is 5.98. The molecule has 0 aliphatic heterocycles. The van der Waals surface area contributed by atoms with Gasteiger partial charge < -0.3 is 21.1 Å². The molecule has 0 saturated carbocycles. The molecule has 3 amide bonds. The third-order valence-corrected chi connectivity index (χ3v) is 5.72. The second kappa shape index (κ2) is 15.4. The van der Waals surface area contributed by atoms with E-state index in [1.165, 1.54) is 6.92 Å². The predicted molar refractivity (Wildman–Crippen MR) is 143 cm³/mol. The zero-order valence-corrected chi connectivity index (χ0v) is 21.7. The van der Waals surface area contributed by atoms with Crippen molar-refractivity contribution in [2.24, 2.45) is 5.92 Å². The number of aliphatic carboxylic acids is 1. The predicted octanol–water partition coefficient (Wildman–Crippen LogP) is 2.73. The maximum Gasteiger partial charge on any atom is 0.320 e. The van der Waals surface area contributed by atoms with E-state index >= 15 is 0 Å². The van der Waals surface area contributed by atoms with Crippen molar-refractivity contribution in [3.8, 4) is 0 Å².